The Balaban J connectivity index is 1.53. The summed E-state index contributed by atoms with van der Waals surface area (Å²) in [4.78, 5) is 29.2. The van der Waals surface area contributed by atoms with Gasteiger partial charge in [-0.2, -0.15) is 5.10 Å². The van der Waals surface area contributed by atoms with E-state index in [1.54, 1.807) is 22.4 Å². The van der Waals surface area contributed by atoms with Gasteiger partial charge in [0.05, 0.1) is 30.7 Å². The lowest BCUT2D eigenvalue weighted by atomic mass is 10.0. The molecular weight excluding hydrogens is 376 g/mol. The minimum Gasteiger partial charge on any atom is -0.376 e. The molecule has 3 aromatic heterocycles. The molecule has 144 valence electrons. The average Bonchev–Trinajstić information content (AvgIpc) is 3.46. The smallest absolute Gasteiger partial charge is 0.280 e. The summed E-state index contributed by atoms with van der Waals surface area (Å²) >= 11 is 1.58. The molecular formula is C19H20N6O2S. The van der Waals surface area contributed by atoms with Crippen LogP contribution in [-0.4, -0.2) is 49.9 Å². The van der Waals surface area contributed by atoms with Gasteiger partial charge in [0.15, 0.2) is 5.13 Å². The van der Waals surface area contributed by atoms with Crippen LogP contribution in [0.1, 0.15) is 33.9 Å². The number of aryl methyl sites for hydroxylation is 2. The first kappa shape index (κ1) is 17.4. The zero-order chi connectivity index (χ0) is 19.1. The number of ether oxygens (including phenoxy) is 1. The number of hydrogen-bond acceptors (Lipinski definition) is 7. The second-order valence-corrected chi connectivity index (χ2v) is 8.10. The van der Waals surface area contributed by atoms with Gasteiger partial charge in [-0.25, -0.2) is 9.97 Å². The van der Waals surface area contributed by atoms with Crippen LogP contribution in [0.3, 0.4) is 0 Å². The quantitative estimate of drug-likeness (QED) is 0.672. The molecule has 5 rings (SSSR count). The molecule has 1 fully saturated rings. The van der Waals surface area contributed by atoms with E-state index in [0.29, 0.717) is 17.4 Å². The molecule has 4 heterocycles. The molecule has 0 saturated carbocycles. The molecule has 0 radical (unpaired) electrons. The molecule has 1 saturated heterocycles. The Bertz CT molecular complexity index is 1010. The summed E-state index contributed by atoms with van der Waals surface area (Å²) in [5, 5.41) is 5.07. The number of carbonyl (C=O) groups is 1. The third kappa shape index (κ3) is 3.00. The van der Waals surface area contributed by atoms with E-state index >= 15 is 0 Å². The normalized spacial score (nSPS) is 18.0. The Morgan fingerprint density at radius 3 is 3.07 bits per heavy atom. The number of carbonyl (C=O) groups excluding carboxylic acids is 1. The van der Waals surface area contributed by atoms with Crippen LogP contribution in [0.2, 0.25) is 0 Å². The Labute approximate surface area is 166 Å². The number of amides is 1. The Morgan fingerprint density at radius 1 is 1.36 bits per heavy atom. The predicted molar refractivity (Wildman–Crippen MR) is 104 cm³/mol. The number of hydrogen-bond donors (Lipinski definition) is 0. The SMILES string of the molecule is Cn1ncc2c1CCc1sc(N(CC3CCCO3)C(=O)c3cnccn3)nc1-2. The van der Waals surface area contributed by atoms with Crippen LogP contribution in [0.4, 0.5) is 5.13 Å². The molecule has 28 heavy (non-hydrogen) atoms. The maximum atomic E-state index is 13.2. The van der Waals surface area contributed by atoms with Gasteiger partial charge < -0.3 is 4.74 Å². The topological polar surface area (TPSA) is 86.0 Å². The Kier molecular flexibility index (Phi) is 4.40. The van der Waals surface area contributed by atoms with Crippen molar-refractivity contribution in [2.75, 3.05) is 18.1 Å². The highest BCUT2D eigenvalue weighted by Gasteiger charge is 2.31. The lowest BCUT2D eigenvalue weighted by Gasteiger charge is -2.22. The van der Waals surface area contributed by atoms with Gasteiger partial charge in [0.1, 0.15) is 5.69 Å². The molecule has 0 aromatic carbocycles. The molecule has 9 heteroatoms. The highest BCUT2D eigenvalue weighted by molar-refractivity contribution is 7.16. The molecule has 0 spiro atoms. The van der Waals surface area contributed by atoms with Gasteiger partial charge in [-0.3, -0.25) is 19.4 Å². The summed E-state index contributed by atoms with van der Waals surface area (Å²) in [6.45, 7) is 1.22. The lowest BCUT2D eigenvalue weighted by Crippen LogP contribution is -2.38. The van der Waals surface area contributed by atoms with Crippen molar-refractivity contribution in [3.63, 3.8) is 0 Å². The fourth-order valence-corrected chi connectivity index (χ4v) is 4.89. The van der Waals surface area contributed by atoms with E-state index in [9.17, 15) is 4.79 Å². The van der Waals surface area contributed by atoms with Crippen LogP contribution in [0.5, 0.6) is 0 Å². The fraction of sp³-hybridized carbons (Fsp3) is 0.421. The molecule has 3 aromatic rings. The monoisotopic (exact) mass is 396 g/mol. The predicted octanol–water partition coefficient (Wildman–Crippen LogP) is 2.26. The molecule has 8 nitrogen and oxygen atoms in total. The number of anilines is 1. The average molecular weight is 396 g/mol. The van der Waals surface area contributed by atoms with E-state index in [0.717, 1.165) is 43.5 Å². The van der Waals surface area contributed by atoms with Gasteiger partial charge in [0.25, 0.3) is 5.91 Å². The summed E-state index contributed by atoms with van der Waals surface area (Å²) in [6, 6.07) is 0. The molecule has 1 amide bonds. The maximum Gasteiger partial charge on any atom is 0.280 e. The van der Waals surface area contributed by atoms with Gasteiger partial charge in [-0.1, -0.05) is 0 Å². The van der Waals surface area contributed by atoms with E-state index in [-0.39, 0.29) is 12.0 Å². The Morgan fingerprint density at radius 2 is 2.29 bits per heavy atom. The summed E-state index contributed by atoms with van der Waals surface area (Å²) in [5.41, 5.74) is 3.51. The highest BCUT2D eigenvalue weighted by Crippen LogP contribution is 2.39. The lowest BCUT2D eigenvalue weighted by molar-refractivity contribution is 0.0913. The second-order valence-electron chi connectivity index (χ2n) is 7.04. The minimum absolute atomic E-state index is 0.0236. The zero-order valence-electron chi connectivity index (χ0n) is 15.5. The first-order valence-electron chi connectivity index (χ1n) is 9.41. The molecule has 1 aliphatic carbocycles. The summed E-state index contributed by atoms with van der Waals surface area (Å²) in [5.74, 6) is -0.193. The zero-order valence-corrected chi connectivity index (χ0v) is 16.4. The van der Waals surface area contributed by atoms with Crippen molar-refractivity contribution in [3.05, 3.63) is 41.1 Å². The molecule has 0 N–H and O–H groups in total. The van der Waals surface area contributed by atoms with Crippen LogP contribution < -0.4 is 4.90 Å². The van der Waals surface area contributed by atoms with E-state index in [2.05, 4.69) is 15.1 Å². The van der Waals surface area contributed by atoms with Gasteiger partial charge in [0.2, 0.25) is 0 Å². The molecule has 2 aliphatic rings. The van der Waals surface area contributed by atoms with E-state index < -0.39 is 0 Å². The third-order valence-corrected chi connectivity index (χ3v) is 6.40. The van der Waals surface area contributed by atoms with Crippen LogP contribution in [0.15, 0.2) is 24.8 Å². The van der Waals surface area contributed by atoms with Gasteiger partial charge in [0, 0.05) is 42.2 Å². The van der Waals surface area contributed by atoms with Crippen molar-refractivity contribution in [2.45, 2.75) is 31.8 Å². The van der Waals surface area contributed by atoms with E-state index in [4.69, 9.17) is 9.72 Å². The van der Waals surface area contributed by atoms with E-state index in [1.807, 2.05) is 17.9 Å². The van der Waals surface area contributed by atoms with Crippen molar-refractivity contribution in [3.8, 4) is 11.3 Å². The summed E-state index contributed by atoms with van der Waals surface area (Å²) < 4.78 is 7.70. The number of thiazole rings is 1. The maximum absolute atomic E-state index is 13.2. The number of fused-ring (bicyclic) bond motifs is 3. The molecule has 0 bridgehead atoms. The third-order valence-electron chi connectivity index (χ3n) is 5.26. The Hall–Kier alpha value is -2.65. The van der Waals surface area contributed by atoms with Crippen molar-refractivity contribution in [1.29, 1.82) is 0 Å². The molecule has 1 atom stereocenters. The first-order chi connectivity index (χ1) is 13.7. The largest absolute Gasteiger partial charge is 0.376 e. The molecule has 1 aliphatic heterocycles. The van der Waals surface area contributed by atoms with Crippen molar-refractivity contribution in [2.24, 2.45) is 7.05 Å². The molecule has 1 unspecified atom stereocenters. The summed E-state index contributed by atoms with van der Waals surface area (Å²) in [7, 11) is 1.96. The van der Waals surface area contributed by atoms with Crippen LogP contribution in [0.25, 0.3) is 11.3 Å². The van der Waals surface area contributed by atoms with Crippen LogP contribution in [0, 0.1) is 0 Å². The van der Waals surface area contributed by atoms with Crippen molar-refractivity contribution in [1.82, 2.24) is 24.7 Å². The first-order valence-corrected chi connectivity index (χ1v) is 10.2. The minimum atomic E-state index is -0.193. The van der Waals surface area contributed by atoms with Crippen LogP contribution in [-0.2, 0) is 24.6 Å². The van der Waals surface area contributed by atoms with Gasteiger partial charge in [-0.05, 0) is 25.7 Å². The van der Waals surface area contributed by atoms with E-state index in [1.165, 1.54) is 23.0 Å². The van der Waals surface area contributed by atoms with Crippen LogP contribution >= 0.6 is 11.3 Å². The standard InChI is InChI=1S/C19H20N6O2S/c1-24-15-4-5-16-17(13(15)9-22-24)23-19(28-16)25(11-12-3-2-8-27-12)18(26)14-10-20-6-7-21-14/h6-7,9-10,12H,2-5,8,11H2,1H3. The summed E-state index contributed by atoms with van der Waals surface area (Å²) in [6.07, 6.45) is 10.3. The number of aromatic nitrogens is 5. The van der Waals surface area contributed by atoms with Crippen molar-refractivity contribution >= 4 is 22.4 Å². The fourth-order valence-electron chi connectivity index (χ4n) is 3.81. The number of rotatable bonds is 4. The second kappa shape index (κ2) is 7.06. The van der Waals surface area contributed by atoms with Crippen molar-refractivity contribution < 1.29 is 9.53 Å². The number of nitrogens with zero attached hydrogens (tertiary/aromatic N) is 6. The van der Waals surface area contributed by atoms with Gasteiger partial charge >= 0.3 is 0 Å². The highest BCUT2D eigenvalue weighted by atomic mass is 32.1. The van der Waals surface area contributed by atoms with Gasteiger partial charge in [-0.15, -0.1) is 11.3 Å².